The van der Waals surface area contributed by atoms with Gasteiger partial charge in [-0.25, -0.2) is 4.79 Å². The van der Waals surface area contributed by atoms with Crippen molar-refractivity contribution in [3.8, 4) is 5.75 Å². The first kappa shape index (κ1) is 20.6. The largest absolute Gasteiger partial charge is 0.479 e. The van der Waals surface area contributed by atoms with Crippen LogP contribution in [0.3, 0.4) is 0 Å². The number of nitrogens with one attached hydrogen (secondary N) is 2. The lowest BCUT2D eigenvalue weighted by molar-refractivity contribution is -0.122. The second-order valence-electron chi connectivity index (χ2n) is 6.88. The molecule has 0 radical (unpaired) electrons. The number of hydrogen-bond donors (Lipinski definition) is 2. The second-order valence-corrected chi connectivity index (χ2v) is 7.29. The van der Waals surface area contributed by atoms with Crippen LogP contribution < -0.4 is 15.4 Å². The summed E-state index contributed by atoms with van der Waals surface area (Å²) in [6, 6.07) is 13.6. The van der Waals surface area contributed by atoms with E-state index in [1.54, 1.807) is 76.2 Å². The molecule has 0 aromatic heterocycles. The summed E-state index contributed by atoms with van der Waals surface area (Å²) in [5.74, 6) is 0.126. The van der Waals surface area contributed by atoms with Crippen molar-refractivity contribution >= 4 is 35.0 Å². The molecular weight excluding hydrogens is 368 g/mol. The van der Waals surface area contributed by atoms with Crippen LogP contribution in [-0.4, -0.2) is 23.7 Å². The van der Waals surface area contributed by atoms with E-state index in [9.17, 15) is 9.59 Å². The van der Waals surface area contributed by atoms with E-state index >= 15 is 0 Å². The van der Waals surface area contributed by atoms with Crippen LogP contribution >= 0.6 is 11.6 Å². The summed E-state index contributed by atoms with van der Waals surface area (Å²) in [6.45, 7) is 7.00. The van der Waals surface area contributed by atoms with E-state index in [-0.39, 0.29) is 5.91 Å². The lowest BCUT2D eigenvalue weighted by Crippen LogP contribution is -2.30. The van der Waals surface area contributed by atoms with Crippen molar-refractivity contribution in [3.63, 3.8) is 0 Å². The summed E-state index contributed by atoms with van der Waals surface area (Å²) in [5.41, 5.74) is 0.558. The van der Waals surface area contributed by atoms with E-state index in [1.165, 1.54) is 0 Å². The molecule has 0 spiro atoms. The highest BCUT2D eigenvalue weighted by molar-refractivity contribution is 6.32. The predicted molar refractivity (Wildman–Crippen MR) is 106 cm³/mol. The Morgan fingerprint density at radius 3 is 2.07 bits per heavy atom. The van der Waals surface area contributed by atoms with Gasteiger partial charge in [0.1, 0.15) is 11.4 Å². The van der Waals surface area contributed by atoms with Crippen molar-refractivity contribution in [1.82, 2.24) is 0 Å². The summed E-state index contributed by atoms with van der Waals surface area (Å²) in [4.78, 5) is 24.0. The highest BCUT2D eigenvalue weighted by Gasteiger charge is 2.17. The van der Waals surface area contributed by atoms with Crippen molar-refractivity contribution < 1.29 is 19.1 Å². The molecule has 7 heteroatoms. The fourth-order valence-corrected chi connectivity index (χ4v) is 2.27. The van der Waals surface area contributed by atoms with Gasteiger partial charge in [-0.3, -0.25) is 10.1 Å². The van der Waals surface area contributed by atoms with Crippen molar-refractivity contribution in [1.29, 1.82) is 0 Å². The minimum absolute atomic E-state index is 0.317. The van der Waals surface area contributed by atoms with Crippen LogP contribution in [0, 0.1) is 0 Å². The summed E-state index contributed by atoms with van der Waals surface area (Å²) >= 11 is 6.03. The van der Waals surface area contributed by atoms with Crippen LogP contribution in [0.4, 0.5) is 16.2 Å². The van der Waals surface area contributed by atoms with Gasteiger partial charge in [-0.1, -0.05) is 23.7 Å². The number of benzene rings is 2. The number of hydrogen-bond acceptors (Lipinski definition) is 4. The summed E-state index contributed by atoms with van der Waals surface area (Å²) in [7, 11) is 0. The predicted octanol–water partition coefficient (Wildman–Crippen LogP) is 5.09. The number of ether oxygens (including phenoxy) is 2. The topological polar surface area (TPSA) is 76.7 Å². The molecule has 2 aromatic carbocycles. The van der Waals surface area contributed by atoms with E-state index < -0.39 is 17.8 Å². The van der Waals surface area contributed by atoms with Gasteiger partial charge in [0, 0.05) is 11.4 Å². The Bertz CT molecular complexity index is 800. The zero-order valence-corrected chi connectivity index (χ0v) is 16.5. The Morgan fingerprint density at radius 1 is 0.963 bits per heavy atom. The molecule has 2 amide bonds. The first-order chi connectivity index (χ1) is 12.6. The zero-order chi connectivity index (χ0) is 20.0. The summed E-state index contributed by atoms with van der Waals surface area (Å²) < 4.78 is 10.8. The van der Waals surface area contributed by atoms with Crippen LogP contribution in [0.2, 0.25) is 5.02 Å². The molecule has 0 aliphatic carbocycles. The van der Waals surface area contributed by atoms with Gasteiger partial charge in [-0.15, -0.1) is 0 Å². The first-order valence-corrected chi connectivity index (χ1v) is 8.84. The van der Waals surface area contributed by atoms with Gasteiger partial charge in [0.25, 0.3) is 5.91 Å². The first-order valence-electron chi connectivity index (χ1n) is 8.46. The average molecular weight is 391 g/mol. The second kappa shape index (κ2) is 8.77. The molecule has 0 fully saturated rings. The number of carbonyl (C=O) groups is 2. The van der Waals surface area contributed by atoms with Crippen LogP contribution in [0.15, 0.2) is 48.5 Å². The molecular formula is C20H23ClN2O4. The molecule has 6 nitrogen and oxygen atoms in total. The van der Waals surface area contributed by atoms with Crippen LogP contribution in [-0.2, 0) is 9.53 Å². The van der Waals surface area contributed by atoms with Crippen molar-refractivity contribution in [2.45, 2.75) is 39.4 Å². The number of anilines is 2. The highest BCUT2D eigenvalue weighted by atomic mass is 35.5. The molecule has 2 rings (SSSR count). The van der Waals surface area contributed by atoms with E-state index in [0.29, 0.717) is 22.1 Å². The maximum absolute atomic E-state index is 12.3. The average Bonchev–Trinajstić information content (AvgIpc) is 2.57. The summed E-state index contributed by atoms with van der Waals surface area (Å²) in [6.07, 6.45) is -1.27. The normalized spacial score (nSPS) is 12.0. The minimum atomic E-state index is -0.732. The fourth-order valence-electron chi connectivity index (χ4n) is 2.09. The molecule has 0 bridgehead atoms. The molecule has 2 N–H and O–H groups in total. The number of rotatable bonds is 5. The smallest absolute Gasteiger partial charge is 0.412 e. The lowest BCUT2D eigenvalue weighted by atomic mass is 10.2. The van der Waals surface area contributed by atoms with E-state index in [2.05, 4.69) is 10.6 Å². The van der Waals surface area contributed by atoms with Gasteiger partial charge in [-0.05, 0) is 64.1 Å². The van der Waals surface area contributed by atoms with Gasteiger partial charge in [-0.2, -0.15) is 0 Å². The maximum Gasteiger partial charge on any atom is 0.412 e. The van der Waals surface area contributed by atoms with Gasteiger partial charge in [0.15, 0.2) is 6.10 Å². The number of halogens is 1. The molecule has 1 atom stereocenters. The third kappa shape index (κ3) is 6.83. The Balaban J connectivity index is 1.90. The Morgan fingerprint density at radius 2 is 1.52 bits per heavy atom. The quantitative estimate of drug-likeness (QED) is 0.745. The molecule has 0 aliphatic rings. The monoisotopic (exact) mass is 390 g/mol. The van der Waals surface area contributed by atoms with Gasteiger partial charge < -0.3 is 14.8 Å². The zero-order valence-electron chi connectivity index (χ0n) is 15.7. The van der Waals surface area contributed by atoms with Crippen LogP contribution in [0.1, 0.15) is 27.7 Å². The van der Waals surface area contributed by atoms with E-state index in [1.807, 2.05) is 0 Å². The third-order valence-corrected chi connectivity index (χ3v) is 3.62. The Labute approximate surface area is 163 Å². The Hall–Kier alpha value is -2.73. The van der Waals surface area contributed by atoms with Crippen molar-refractivity contribution in [3.05, 3.63) is 53.6 Å². The number of carbonyl (C=O) groups excluding carboxylic acids is 2. The standard InChI is InChI=1S/C20H23ClN2O4/c1-13(26-17-8-6-5-7-16(17)21)18(24)22-14-9-11-15(12-10-14)23-19(25)27-20(2,3)4/h5-13H,1-4H3,(H,22,24)(H,23,25). The SMILES string of the molecule is CC(Oc1ccccc1Cl)C(=O)Nc1ccc(NC(=O)OC(C)(C)C)cc1. The number of para-hydroxylation sites is 1. The third-order valence-electron chi connectivity index (χ3n) is 3.31. The maximum atomic E-state index is 12.3. The van der Waals surface area contributed by atoms with Gasteiger partial charge in [0.05, 0.1) is 5.02 Å². The molecule has 27 heavy (non-hydrogen) atoms. The van der Waals surface area contributed by atoms with E-state index in [4.69, 9.17) is 21.1 Å². The summed E-state index contributed by atoms with van der Waals surface area (Å²) in [5, 5.41) is 5.82. The lowest BCUT2D eigenvalue weighted by Gasteiger charge is -2.19. The Kier molecular flexibility index (Phi) is 6.69. The molecule has 0 aliphatic heterocycles. The van der Waals surface area contributed by atoms with Gasteiger partial charge in [0.2, 0.25) is 0 Å². The van der Waals surface area contributed by atoms with Crippen LogP contribution in [0.5, 0.6) is 5.75 Å². The fraction of sp³-hybridized carbons (Fsp3) is 0.300. The van der Waals surface area contributed by atoms with Crippen molar-refractivity contribution in [2.75, 3.05) is 10.6 Å². The van der Waals surface area contributed by atoms with Crippen molar-refractivity contribution in [2.24, 2.45) is 0 Å². The number of amides is 2. The molecule has 1 unspecified atom stereocenters. The molecule has 2 aromatic rings. The van der Waals surface area contributed by atoms with Gasteiger partial charge >= 0.3 is 6.09 Å². The molecule has 0 heterocycles. The highest BCUT2D eigenvalue weighted by Crippen LogP contribution is 2.24. The molecule has 0 saturated carbocycles. The van der Waals surface area contributed by atoms with Crippen LogP contribution in [0.25, 0.3) is 0 Å². The molecule has 144 valence electrons. The minimum Gasteiger partial charge on any atom is -0.479 e. The van der Waals surface area contributed by atoms with E-state index in [0.717, 1.165) is 0 Å². The molecule has 0 saturated heterocycles.